The molecule has 2 heterocycles. The molecule has 4 nitrogen and oxygen atoms in total. The zero-order valence-corrected chi connectivity index (χ0v) is 10.1. The molecule has 0 spiro atoms. The number of nitrogens with zero attached hydrogens (tertiary/aromatic N) is 2. The SMILES string of the molecule is CC(NCCCc1ncc[nH]1)c1cccnc1. The van der Waals surface area contributed by atoms with Crippen molar-refractivity contribution in [3.63, 3.8) is 0 Å². The van der Waals surface area contributed by atoms with Crippen LogP contribution in [0.2, 0.25) is 0 Å². The third kappa shape index (κ3) is 3.67. The molecule has 0 radical (unpaired) electrons. The van der Waals surface area contributed by atoms with E-state index in [1.54, 1.807) is 12.4 Å². The van der Waals surface area contributed by atoms with Gasteiger partial charge in [0, 0.05) is 37.3 Å². The molecule has 0 bridgehead atoms. The van der Waals surface area contributed by atoms with Crippen molar-refractivity contribution >= 4 is 0 Å². The van der Waals surface area contributed by atoms with E-state index in [4.69, 9.17) is 0 Å². The van der Waals surface area contributed by atoms with Crippen molar-refractivity contribution in [1.29, 1.82) is 0 Å². The van der Waals surface area contributed by atoms with Crippen molar-refractivity contribution in [3.05, 3.63) is 48.3 Å². The molecule has 0 saturated heterocycles. The molecule has 0 aliphatic rings. The largest absolute Gasteiger partial charge is 0.349 e. The molecule has 0 aliphatic carbocycles. The Morgan fingerprint density at radius 2 is 2.35 bits per heavy atom. The van der Waals surface area contributed by atoms with Crippen LogP contribution in [0.25, 0.3) is 0 Å². The molecule has 2 aromatic rings. The van der Waals surface area contributed by atoms with E-state index in [2.05, 4.69) is 33.3 Å². The minimum Gasteiger partial charge on any atom is -0.349 e. The second kappa shape index (κ2) is 6.15. The summed E-state index contributed by atoms with van der Waals surface area (Å²) >= 11 is 0. The first kappa shape index (κ1) is 11.8. The van der Waals surface area contributed by atoms with Gasteiger partial charge in [-0.25, -0.2) is 4.98 Å². The van der Waals surface area contributed by atoms with Crippen molar-refractivity contribution in [2.75, 3.05) is 6.54 Å². The third-order valence-corrected chi connectivity index (χ3v) is 2.78. The number of nitrogens with one attached hydrogen (secondary N) is 2. The van der Waals surface area contributed by atoms with Gasteiger partial charge in [0.25, 0.3) is 0 Å². The predicted octanol–water partition coefficient (Wildman–Crippen LogP) is 2.09. The van der Waals surface area contributed by atoms with Gasteiger partial charge in [-0.15, -0.1) is 0 Å². The van der Waals surface area contributed by atoms with E-state index in [1.165, 1.54) is 5.56 Å². The van der Waals surface area contributed by atoms with Crippen LogP contribution >= 0.6 is 0 Å². The third-order valence-electron chi connectivity index (χ3n) is 2.78. The van der Waals surface area contributed by atoms with Crippen molar-refractivity contribution in [2.45, 2.75) is 25.8 Å². The van der Waals surface area contributed by atoms with Gasteiger partial charge < -0.3 is 10.3 Å². The summed E-state index contributed by atoms with van der Waals surface area (Å²) in [4.78, 5) is 11.4. The maximum Gasteiger partial charge on any atom is 0.106 e. The highest BCUT2D eigenvalue weighted by Gasteiger charge is 2.03. The molecule has 17 heavy (non-hydrogen) atoms. The lowest BCUT2D eigenvalue weighted by Gasteiger charge is -2.13. The standard InChI is InChI=1S/C13H18N4/c1-11(12-4-2-6-14-10-12)15-7-3-5-13-16-8-9-17-13/h2,4,6,8-11,15H,3,5,7H2,1H3,(H,16,17). The van der Waals surface area contributed by atoms with Gasteiger partial charge in [-0.3, -0.25) is 4.98 Å². The number of hydrogen-bond donors (Lipinski definition) is 2. The second-order valence-electron chi connectivity index (χ2n) is 4.10. The lowest BCUT2D eigenvalue weighted by atomic mass is 10.1. The predicted molar refractivity (Wildman–Crippen MR) is 67.6 cm³/mol. The number of H-pyrrole nitrogens is 1. The van der Waals surface area contributed by atoms with E-state index in [0.29, 0.717) is 6.04 Å². The summed E-state index contributed by atoms with van der Waals surface area (Å²) in [6, 6.07) is 4.41. The molecule has 4 heteroatoms. The van der Waals surface area contributed by atoms with Crippen molar-refractivity contribution < 1.29 is 0 Å². The van der Waals surface area contributed by atoms with Gasteiger partial charge in [0.1, 0.15) is 5.82 Å². The van der Waals surface area contributed by atoms with Crippen LogP contribution in [0, 0.1) is 0 Å². The Kier molecular flexibility index (Phi) is 4.27. The van der Waals surface area contributed by atoms with E-state index < -0.39 is 0 Å². The number of pyridine rings is 1. The summed E-state index contributed by atoms with van der Waals surface area (Å²) in [5, 5.41) is 3.48. The zero-order chi connectivity index (χ0) is 11.9. The van der Waals surface area contributed by atoms with Gasteiger partial charge in [0.2, 0.25) is 0 Å². The van der Waals surface area contributed by atoms with Gasteiger partial charge in [-0.1, -0.05) is 6.07 Å². The summed E-state index contributed by atoms with van der Waals surface area (Å²) in [7, 11) is 0. The normalized spacial score (nSPS) is 12.5. The van der Waals surface area contributed by atoms with E-state index in [-0.39, 0.29) is 0 Å². The molecule has 0 amide bonds. The summed E-state index contributed by atoms with van der Waals surface area (Å²) in [6.07, 6.45) is 9.43. The molecule has 2 rings (SSSR count). The highest BCUT2D eigenvalue weighted by Crippen LogP contribution is 2.09. The quantitative estimate of drug-likeness (QED) is 0.747. The van der Waals surface area contributed by atoms with Gasteiger partial charge in [0.05, 0.1) is 0 Å². The number of imidazole rings is 1. The van der Waals surface area contributed by atoms with Crippen LogP contribution < -0.4 is 5.32 Å². The van der Waals surface area contributed by atoms with Gasteiger partial charge in [-0.2, -0.15) is 0 Å². The average molecular weight is 230 g/mol. The van der Waals surface area contributed by atoms with E-state index in [9.17, 15) is 0 Å². The highest BCUT2D eigenvalue weighted by atomic mass is 14.9. The maximum atomic E-state index is 4.20. The Hall–Kier alpha value is -1.68. The average Bonchev–Trinajstić information content (AvgIpc) is 2.88. The minimum atomic E-state index is 0.348. The maximum absolute atomic E-state index is 4.20. The van der Waals surface area contributed by atoms with Crippen molar-refractivity contribution in [2.24, 2.45) is 0 Å². The fraction of sp³-hybridized carbons (Fsp3) is 0.385. The summed E-state index contributed by atoms with van der Waals surface area (Å²) in [5.41, 5.74) is 1.23. The Labute approximate surface area is 102 Å². The summed E-state index contributed by atoms with van der Waals surface area (Å²) < 4.78 is 0. The van der Waals surface area contributed by atoms with Crippen LogP contribution in [-0.4, -0.2) is 21.5 Å². The van der Waals surface area contributed by atoms with Crippen LogP contribution in [0.3, 0.4) is 0 Å². The molecule has 2 aromatic heterocycles. The smallest absolute Gasteiger partial charge is 0.106 e. The number of rotatable bonds is 6. The highest BCUT2D eigenvalue weighted by molar-refractivity contribution is 5.12. The summed E-state index contributed by atoms with van der Waals surface area (Å²) in [6.45, 7) is 3.14. The van der Waals surface area contributed by atoms with E-state index >= 15 is 0 Å². The number of aromatic nitrogens is 3. The lowest BCUT2D eigenvalue weighted by Crippen LogP contribution is -2.20. The molecule has 0 aromatic carbocycles. The van der Waals surface area contributed by atoms with Gasteiger partial charge in [-0.05, 0) is 31.5 Å². The number of aromatic amines is 1. The van der Waals surface area contributed by atoms with Crippen LogP contribution in [0.5, 0.6) is 0 Å². The van der Waals surface area contributed by atoms with E-state index in [0.717, 1.165) is 25.2 Å². The van der Waals surface area contributed by atoms with Crippen LogP contribution in [0.15, 0.2) is 36.9 Å². The van der Waals surface area contributed by atoms with Crippen LogP contribution in [0.1, 0.15) is 30.8 Å². The van der Waals surface area contributed by atoms with Crippen molar-refractivity contribution in [1.82, 2.24) is 20.3 Å². The second-order valence-corrected chi connectivity index (χ2v) is 4.10. The molecule has 2 N–H and O–H groups in total. The first-order chi connectivity index (χ1) is 8.36. The Bertz CT molecular complexity index is 410. The fourth-order valence-electron chi connectivity index (χ4n) is 1.76. The first-order valence-electron chi connectivity index (χ1n) is 5.98. The zero-order valence-electron chi connectivity index (χ0n) is 10.1. The van der Waals surface area contributed by atoms with E-state index in [1.807, 2.05) is 18.5 Å². The molecule has 90 valence electrons. The Morgan fingerprint density at radius 1 is 1.41 bits per heavy atom. The lowest BCUT2D eigenvalue weighted by molar-refractivity contribution is 0.553. The molecular weight excluding hydrogens is 212 g/mol. The van der Waals surface area contributed by atoms with Gasteiger partial charge in [0.15, 0.2) is 0 Å². The fourth-order valence-corrected chi connectivity index (χ4v) is 1.76. The van der Waals surface area contributed by atoms with Gasteiger partial charge >= 0.3 is 0 Å². The number of hydrogen-bond acceptors (Lipinski definition) is 3. The van der Waals surface area contributed by atoms with Crippen LogP contribution in [-0.2, 0) is 6.42 Å². The van der Waals surface area contributed by atoms with Crippen molar-refractivity contribution in [3.8, 4) is 0 Å². The molecule has 0 saturated carbocycles. The Balaban J connectivity index is 1.68. The number of aryl methyl sites for hydroxylation is 1. The summed E-state index contributed by atoms with van der Waals surface area (Å²) in [5.74, 6) is 1.06. The first-order valence-corrected chi connectivity index (χ1v) is 5.98. The topological polar surface area (TPSA) is 53.6 Å². The minimum absolute atomic E-state index is 0.348. The Morgan fingerprint density at radius 3 is 3.06 bits per heavy atom. The molecule has 0 aliphatic heterocycles. The molecule has 1 unspecified atom stereocenters. The van der Waals surface area contributed by atoms with Crippen LogP contribution in [0.4, 0.5) is 0 Å². The molecule has 1 atom stereocenters. The monoisotopic (exact) mass is 230 g/mol. The molecule has 0 fully saturated rings. The molecular formula is C13H18N4.